The molecule has 0 rings (SSSR count). The third-order valence-corrected chi connectivity index (χ3v) is 0.537. The van der Waals surface area contributed by atoms with Gasteiger partial charge in [0.05, 0.1) is 0 Å². The predicted molar refractivity (Wildman–Crippen MR) is 21.3 cm³/mol. The summed E-state index contributed by atoms with van der Waals surface area (Å²) < 4.78 is 22.9. The largest absolute Gasteiger partial charge is 1.00 e. The van der Waals surface area contributed by atoms with Crippen LogP contribution in [-0.2, 0) is 9.59 Å². The van der Waals surface area contributed by atoms with Gasteiger partial charge in [-0.1, -0.05) is 0 Å². The Morgan fingerprint density at radius 1 is 1.20 bits per heavy atom. The van der Waals surface area contributed by atoms with Gasteiger partial charge in [-0.15, -0.1) is 0 Å². The van der Waals surface area contributed by atoms with E-state index in [1.807, 2.05) is 0 Å². The molecule has 54 valence electrons. The number of aliphatic carboxylic acids is 2. The summed E-state index contributed by atoms with van der Waals surface area (Å²) >= 11 is 0. The van der Waals surface area contributed by atoms with E-state index in [1.165, 1.54) is 0 Å². The van der Waals surface area contributed by atoms with E-state index < -0.39 is 17.9 Å². The number of hydrogen-bond acceptors (Lipinski definition) is 2. The average Bonchev–Trinajstić information content (AvgIpc) is 1.65. The molecular weight excluding hydrogens is 161 g/mol. The van der Waals surface area contributed by atoms with Crippen LogP contribution in [-0.4, -0.2) is 28.1 Å². The van der Waals surface area contributed by atoms with Gasteiger partial charge in [0, 0.05) is 0 Å². The summed E-state index contributed by atoms with van der Waals surface area (Å²) in [5.41, 5.74) is 0. The van der Waals surface area contributed by atoms with Gasteiger partial charge in [-0.3, -0.25) is 0 Å². The number of carboxylic acid groups (broad SMARTS) is 2. The zero-order valence-electron chi connectivity index (χ0n) is 5.97. The van der Waals surface area contributed by atoms with Crippen molar-refractivity contribution in [3.05, 3.63) is 0 Å². The molecule has 0 aromatic carbocycles. The predicted octanol–water partition coefficient (Wildman–Crippen LogP) is -3.09. The Kier molecular flexibility index (Phi) is 4.80. The number of halogens is 2. The van der Waals surface area contributed by atoms with E-state index in [9.17, 15) is 18.4 Å². The molecule has 0 fully saturated rings. The van der Waals surface area contributed by atoms with Crippen molar-refractivity contribution in [2.75, 3.05) is 0 Å². The summed E-state index contributed by atoms with van der Waals surface area (Å²) in [5, 5.41) is 15.0. The van der Waals surface area contributed by atoms with Gasteiger partial charge in [0.15, 0.2) is 0 Å². The van der Waals surface area contributed by atoms with Crippen molar-refractivity contribution < 1.29 is 59.6 Å². The van der Waals surface area contributed by atoms with Crippen LogP contribution < -0.4 is 29.6 Å². The molecule has 0 saturated heterocycles. The molecule has 7 heteroatoms. The molecule has 0 unspecified atom stereocenters. The molecule has 0 radical (unpaired) electrons. The molecule has 0 aliphatic carbocycles. The normalized spacial score (nSPS) is 9.80. The molecule has 0 atom stereocenters. The van der Waals surface area contributed by atoms with Crippen molar-refractivity contribution in [3.8, 4) is 0 Å². The van der Waals surface area contributed by atoms with Crippen LogP contribution >= 0.6 is 0 Å². The van der Waals surface area contributed by atoms with Gasteiger partial charge < -0.3 is 11.6 Å². The molecule has 4 nitrogen and oxygen atoms in total. The second-order valence-electron chi connectivity index (χ2n) is 1.18. The van der Waals surface area contributed by atoms with Gasteiger partial charge in [-0.25, -0.2) is 9.59 Å². The van der Waals surface area contributed by atoms with Crippen LogP contribution in [0.4, 0.5) is 8.78 Å². The van der Waals surface area contributed by atoms with E-state index >= 15 is 0 Å². The Bertz CT molecular complexity index is 145. The van der Waals surface area contributed by atoms with Crippen molar-refractivity contribution in [1.29, 1.82) is 0 Å². The quantitative estimate of drug-likeness (QED) is 0.335. The number of carboxylic acids is 2. The standard InChI is InChI=1S/C3H2F2O4.Na.H/c4-3(5,1(6)7)2(8)9;;/h(H,6,7)(H,8,9);;/q;+1;-1. The fourth-order valence-corrected chi connectivity index (χ4v) is 0.0915. The van der Waals surface area contributed by atoms with Gasteiger partial charge in [0.1, 0.15) is 0 Å². The van der Waals surface area contributed by atoms with Crippen LogP contribution in [0.3, 0.4) is 0 Å². The monoisotopic (exact) mass is 164 g/mol. The first-order valence-electron chi connectivity index (χ1n) is 1.73. The SMILES string of the molecule is O=C(O)C(F)(F)C(=O)O.[H-].[Na+]. The maximum atomic E-state index is 11.5. The van der Waals surface area contributed by atoms with E-state index in [2.05, 4.69) is 0 Å². The smallest absolute Gasteiger partial charge is 1.00 e. The van der Waals surface area contributed by atoms with Gasteiger partial charge >= 0.3 is 47.4 Å². The number of carbonyl (C=O) groups is 2. The molecule has 0 aromatic heterocycles. The van der Waals surface area contributed by atoms with Crippen molar-refractivity contribution in [2.45, 2.75) is 5.92 Å². The van der Waals surface area contributed by atoms with Gasteiger partial charge in [-0.05, 0) is 0 Å². The summed E-state index contributed by atoms with van der Waals surface area (Å²) in [5.74, 6) is -9.98. The minimum absolute atomic E-state index is 0. The fraction of sp³-hybridized carbons (Fsp3) is 0.333. The first kappa shape index (κ1) is 12.5. The molecule has 0 bridgehead atoms. The van der Waals surface area contributed by atoms with E-state index in [-0.39, 0.29) is 31.0 Å². The van der Waals surface area contributed by atoms with E-state index in [4.69, 9.17) is 10.2 Å². The number of rotatable bonds is 2. The first-order valence-corrected chi connectivity index (χ1v) is 1.73. The summed E-state index contributed by atoms with van der Waals surface area (Å²) in [6, 6.07) is 0. The fourth-order valence-electron chi connectivity index (χ4n) is 0.0915. The second-order valence-corrected chi connectivity index (χ2v) is 1.18. The number of hydrogen-bond donors (Lipinski definition) is 2. The molecule has 0 aliphatic rings. The molecule has 0 aromatic rings. The van der Waals surface area contributed by atoms with Crippen molar-refractivity contribution in [1.82, 2.24) is 0 Å². The van der Waals surface area contributed by atoms with Crippen LogP contribution in [0, 0.1) is 0 Å². The second kappa shape index (κ2) is 3.85. The van der Waals surface area contributed by atoms with Crippen molar-refractivity contribution >= 4 is 11.9 Å². The Hall–Kier alpha value is -0.200. The zero-order chi connectivity index (χ0) is 7.65. The van der Waals surface area contributed by atoms with Crippen LogP contribution in [0.25, 0.3) is 0 Å². The maximum absolute atomic E-state index is 11.5. The van der Waals surface area contributed by atoms with Gasteiger partial charge in [0.25, 0.3) is 0 Å². The van der Waals surface area contributed by atoms with Gasteiger partial charge in [-0.2, -0.15) is 8.78 Å². The zero-order valence-corrected chi connectivity index (χ0v) is 6.97. The summed E-state index contributed by atoms with van der Waals surface area (Å²) in [4.78, 5) is 18.7. The van der Waals surface area contributed by atoms with Gasteiger partial charge in [0.2, 0.25) is 0 Å². The van der Waals surface area contributed by atoms with E-state index in [0.29, 0.717) is 0 Å². The Morgan fingerprint density at radius 3 is 1.40 bits per heavy atom. The molecule has 0 amide bonds. The van der Waals surface area contributed by atoms with Crippen molar-refractivity contribution in [3.63, 3.8) is 0 Å². The van der Waals surface area contributed by atoms with Crippen LogP contribution in [0.1, 0.15) is 1.43 Å². The number of alkyl halides is 2. The minimum atomic E-state index is -4.67. The molecule has 0 saturated carbocycles. The first-order chi connectivity index (χ1) is 3.89. The Morgan fingerprint density at radius 2 is 1.40 bits per heavy atom. The molecule has 10 heavy (non-hydrogen) atoms. The third-order valence-electron chi connectivity index (χ3n) is 0.537. The van der Waals surface area contributed by atoms with Crippen molar-refractivity contribution in [2.24, 2.45) is 0 Å². The Labute approximate surface area is 77.6 Å². The third kappa shape index (κ3) is 2.59. The molecule has 0 spiro atoms. The summed E-state index contributed by atoms with van der Waals surface area (Å²) in [7, 11) is 0. The Balaban J connectivity index is -0.000000320. The molecule has 2 N–H and O–H groups in total. The average molecular weight is 164 g/mol. The summed E-state index contributed by atoms with van der Waals surface area (Å²) in [6.07, 6.45) is 0. The van der Waals surface area contributed by atoms with Crippen LogP contribution in [0.5, 0.6) is 0 Å². The minimum Gasteiger partial charge on any atom is -1.00 e. The van der Waals surface area contributed by atoms with E-state index in [1.54, 1.807) is 0 Å². The van der Waals surface area contributed by atoms with Crippen LogP contribution in [0.2, 0.25) is 0 Å². The molecule has 0 aliphatic heterocycles. The maximum Gasteiger partial charge on any atom is 1.00 e. The molecule has 0 heterocycles. The summed E-state index contributed by atoms with van der Waals surface area (Å²) in [6.45, 7) is 0. The van der Waals surface area contributed by atoms with Crippen LogP contribution in [0.15, 0.2) is 0 Å². The topological polar surface area (TPSA) is 74.6 Å². The van der Waals surface area contributed by atoms with E-state index in [0.717, 1.165) is 0 Å². The molecular formula is C3H3F2NaO4.